The quantitative estimate of drug-likeness (QED) is 0.482. The Kier molecular flexibility index (Phi) is 2.23. The van der Waals surface area contributed by atoms with E-state index in [9.17, 15) is 4.55 Å². The molecule has 0 rings (SSSR count). The van der Waals surface area contributed by atoms with Gasteiger partial charge in [0.2, 0.25) is 0 Å². The van der Waals surface area contributed by atoms with Crippen molar-refractivity contribution in [3.05, 3.63) is 11.5 Å². The molecule has 0 aliphatic rings. The van der Waals surface area contributed by atoms with Crippen molar-refractivity contribution in [1.82, 2.24) is 0 Å². The van der Waals surface area contributed by atoms with Crippen LogP contribution in [0.4, 0.5) is 0 Å². The highest BCUT2D eigenvalue weighted by atomic mass is 32.2. The average Bonchev–Trinajstić information content (AvgIpc) is 1.36. The Morgan fingerprint density at radius 1 is 2.00 bits per heavy atom. The zero-order valence-electron chi connectivity index (χ0n) is 3.60. The minimum atomic E-state index is -1.31. The van der Waals surface area contributed by atoms with Crippen molar-refractivity contribution in [3.8, 4) is 0 Å². The van der Waals surface area contributed by atoms with E-state index in [1.54, 1.807) is 6.92 Å². The third-order valence-corrected chi connectivity index (χ3v) is 1.03. The summed E-state index contributed by atoms with van der Waals surface area (Å²) < 4.78 is 9.93. The van der Waals surface area contributed by atoms with E-state index in [0.29, 0.717) is 4.91 Å². The highest BCUT2D eigenvalue weighted by Crippen LogP contribution is 1.91. The largest absolute Gasteiger partial charge is 0.593 e. The molecule has 6 heavy (non-hydrogen) atoms. The molecule has 3 heteroatoms. The topological polar surface area (TPSA) is 49.1 Å². The van der Waals surface area contributed by atoms with Gasteiger partial charge in [0.1, 0.15) is 4.91 Å². The maximum atomic E-state index is 9.93. The van der Waals surface area contributed by atoms with Crippen LogP contribution in [0.2, 0.25) is 0 Å². The molecule has 0 amide bonds. The number of hydrogen-bond acceptors (Lipinski definition) is 2. The summed E-state index contributed by atoms with van der Waals surface area (Å²) in [7, 11) is 0. The molecule has 0 aliphatic carbocycles. The average molecular weight is 105 g/mol. The van der Waals surface area contributed by atoms with E-state index in [1.807, 2.05) is 0 Å². The summed E-state index contributed by atoms with van der Waals surface area (Å²) >= 11 is -1.31. The number of rotatable bonds is 1. The number of nitrogens with two attached hydrogens (primary N) is 1. The fraction of sp³-hybridized carbons (Fsp3) is 0.333. The third kappa shape index (κ3) is 2.26. The van der Waals surface area contributed by atoms with Gasteiger partial charge in [-0.3, -0.25) is 0 Å². The Bertz CT molecular complexity index is 61.8. The van der Waals surface area contributed by atoms with Gasteiger partial charge >= 0.3 is 0 Å². The fourth-order valence-electron chi connectivity index (χ4n) is 0. The van der Waals surface area contributed by atoms with Gasteiger partial charge in [0.05, 0.1) is 11.4 Å². The van der Waals surface area contributed by atoms with Crippen LogP contribution in [-0.4, -0.2) is 4.55 Å². The van der Waals surface area contributed by atoms with Crippen molar-refractivity contribution < 1.29 is 4.55 Å². The molecular formula is C3H7NOS. The molecule has 0 aromatic rings. The fourth-order valence-corrected chi connectivity index (χ4v) is 0. The molecule has 2 nitrogen and oxygen atoms in total. The zero-order valence-corrected chi connectivity index (χ0v) is 4.42. The van der Waals surface area contributed by atoms with Crippen molar-refractivity contribution in [3.63, 3.8) is 0 Å². The minimum Gasteiger partial charge on any atom is -0.593 e. The van der Waals surface area contributed by atoms with Crippen LogP contribution in [0.15, 0.2) is 11.5 Å². The smallest absolute Gasteiger partial charge is 0.140 e. The molecule has 0 fully saturated rings. The van der Waals surface area contributed by atoms with Crippen LogP contribution in [0.3, 0.4) is 0 Å². The van der Waals surface area contributed by atoms with Gasteiger partial charge in [0, 0.05) is 6.92 Å². The summed E-state index contributed by atoms with van der Waals surface area (Å²) in [6.07, 6.45) is 0. The summed E-state index contributed by atoms with van der Waals surface area (Å²) in [5, 5.41) is 4.81. The molecular weight excluding hydrogens is 98.1 g/mol. The van der Waals surface area contributed by atoms with E-state index in [2.05, 4.69) is 6.58 Å². The summed E-state index contributed by atoms with van der Waals surface area (Å²) in [4.78, 5) is 0.509. The van der Waals surface area contributed by atoms with Gasteiger partial charge in [0.25, 0.3) is 0 Å². The van der Waals surface area contributed by atoms with Gasteiger partial charge in [0.15, 0.2) is 0 Å². The van der Waals surface area contributed by atoms with Gasteiger partial charge in [-0.15, -0.1) is 5.14 Å². The van der Waals surface area contributed by atoms with Crippen molar-refractivity contribution in [1.29, 1.82) is 0 Å². The van der Waals surface area contributed by atoms with E-state index in [0.717, 1.165) is 0 Å². The van der Waals surface area contributed by atoms with Crippen molar-refractivity contribution in [2.24, 2.45) is 5.14 Å². The second kappa shape index (κ2) is 2.23. The van der Waals surface area contributed by atoms with E-state index in [4.69, 9.17) is 5.14 Å². The lowest BCUT2D eigenvalue weighted by Gasteiger charge is -1.96. The van der Waals surface area contributed by atoms with Crippen molar-refractivity contribution in [2.75, 3.05) is 0 Å². The van der Waals surface area contributed by atoms with Crippen LogP contribution in [0.25, 0.3) is 0 Å². The van der Waals surface area contributed by atoms with Crippen molar-refractivity contribution in [2.45, 2.75) is 6.92 Å². The second-order valence-corrected chi connectivity index (χ2v) is 2.29. The second-order valence-electron chi connectivity index (χ2n) is 0.999. The molecule has 0 bridgehead atoms. The van der Waals surface area contributed by atoms with Crippen LogP contribution >= 0.6 is 0 Å². The van der Waals surface area contributed by atoms with Gasteiger partial charge in [-0.1, -0.05) is 0 Å². The van der Waals surface area contributed by atoms with Gasteiger partial charge in [-0.25, -0.2) is 0 Å². The lowest BCUT2D eigenvalue weighted by Crippen LogP contribution is -2.11. The van der Waals surface area contributed by atoms with E-state index >= 15 is 0 Å². The standard InChI is InChI=1S/C3H7NOS/c1-3(2)6(4)5/h1,4H2,2H3/t6-/m0/s1. The van der Waals surface area contributed by atoms with E-state index in [1.165, 1.54) is 0 Å². The Labute approximate surface area is 40.3 Å². The first-order valence-corrected chi connectivity index (χ1v) is 2.67. The first-order valence-electron chi connectivity index (χ1n) is 1.46. The SMILES string of the molecule is C=C(C)[S@@+](N)[O-]. The molecule has 0 unspecified atom stereocenters. The van der Waals surface area contributed by atoms with Crippen molar-refractivity contribution >= 4 is 11.4 Å². The van der Waals surface area contributed by atoms with Gasteiger partial charge in [-0.05, 0) is 6.58 Å². The highest BCUT2D eigenvalue weighted by Gasteiger charge is 1.93. The molecule has 0 radical (unpaired) electrons. The van der Waals surface area contributed by atoms with E-state index < -0.39 is 11.4 Å². The molecule has 0 heterocycles. The molecule has 36 valence electrons. The minimum absolute atomic E-state index is 0.509. The molecule has 0 aliphatic heterocycles. The lowest BCUT2D eigenvalue weighted by atomic mass is 10.8. The molecule has 2 N–H and O–H groups in total. The first kappa shape index (κ1) is 6.01. The third-order valence-electron chi connectivity index (χ3n) is 0.343. The molecule has 0 saturated heterocycles. The van der Waals surface area contributed by atoms with Crippen LogP contribution in [0.1, 0.15) is 6.92 Å². The Morgan fingerprint density at radius 2 is 2.17 bits per heavy atom. The van der Waals surface area contributed by atoms with E-state index in [-0.39, 0.29) is 0 Å². The Balaban J connectivity index is 3.26. The Morgan fingerprint density at radius 3 is 2.17 bits per heavy atom. The highest BCUT2D eigenvalue weighted by molar-refractivity contribution is 7.92. The van der Waals surface area contributed by atoms with Gasteiger partial charge < -0.3 is 4.55 Å². The number of hydrogen-bond donors (Lipinski definition) is 1. The Hall–Kier alpha value is 0.01000. The first-order chi connectivity index (χ1) is 2.64. The molecule has 0 spiro atoms. The molecule has 1 atom stereocenters. The van der Waals surface area contributed by atoms with Crippen LogP contribution in [0, 0.1) is 0 Å². The molecule has 0 saturated carbocycles. The summed E-state index contributed by atoms with van der Waals surface area (Å²) in [5.41, 5.74) is 0. The normalized spacial score (nSPS) is 13.8. The number of allylic oxidation sites excluding steroid dienone is 1. The summed E-state index contributed by atoms with van der Waals surface area (Å²) in [5.74, 6) is 0. The van der Waals surface area contributed by atoms with Crippen LogP contribution < -0.4 is 5.14 Å². The maximum absolute atomic E-state index is 9.93. The molecule has 0 aromatic heterocycles. The zero-order chi connectivity index (χ0) is 5.15. The van der Waals surface area contributed by atoms with Crippen LogP contribution in [0.5, 0.6) is 0 Å². The monoisotopic (exact) mass is 105 g/mol. The van der Waals surface area contributed by atoms with Gasteiger partial charge in [-0.2, -0.15) is 0 Å². The lowest BCUT2D eigenvalue weighted by molar-refractivity contribution is 0.602. The summed E-state index contributed by atoms with van der Waals surface area (Å²) in [6, 6.07) is 0. The summed E-state index contributed by atoms with van der Waals surface area (Å²) in [6.45, 7) is 4.95. The molecule has 0 aromatic carbocycles. The van der Waals surface area contributed by atoms with Crippen LogP contribution in [-0.2, 0) is 11.4 Å². The maximum Gasteiger partial charge on any atom is 0.140 e. The predicted molar refractivity (Wildman–Crippen MR) is 27.1 cm³/mol. The predicted octanol–water partition coefficient (Wildman–Crippen LogP) is 0.142.